The van der Waals surface area contributed by atoms with E-state index in [0.717, 1.165) is 38.2 Å². The van der Waals surface area contributed by atoms with Gasteiger partial charge in [0.1, 0.15) is 5.82 Å². The third kappa shape index (κ3) is 3.20. The van der Waals surface area contributed by atoms with E-state index in [2.05, 4.69) is 10.2 Å². The molecule has 100 valence electrons. The average molecular weight is 273 g/mol. The quantitative estimate of drug-likeness (QED) is 0.881. The standard InChI is InChI=1S/C13H18ClFN2O/c14-11-8-10(2-3-12(11)15)13(9-18)17-6-1-4-16-5-7-17/h2-3,8,13,16,18H,1,4-7,9H2. The second kappa shape index (κ2) is 6.48. The summed E-state index contributed by atoms with van der Waals surface area (Å²) < 4.78 is 13.2. The summed E-state index contributed by atoms with van der Waals surface area (Å²) in [5, 5.41) is 13.0. The van der Waals surface area contributed by atoms with Crippen LogP contribution in [-0.2, 0) is 0 Å². The molecule has 0 radical (unpaired) electrons. The Labute approximate surface area is 112 Å². The van der Waals surface area contributed by atoms with Crippen molar-refractivity contribution in [1.82, 2.24) is 10.2 Å². The van der Waals surface area contributed by atoms with Crippen LogP contribution in [0.1, 0.15) is 18.0 Å². The summed E-state index contributed by atoms with van der Waals surface area (Å²) in [6.07, 6.45) is 1.05. The maximum Gasteiger partial charge on any atom is 0.141 e. The lowest BCUT2D eigenvalue weighted by atomic mass is 10.1. The van der Waals surface area contributed by atoms with E-state index in [1.165, 1.54) is 6.07 Å². The molecule has 0 saturated carbocycles. The molecule has 5 heteroatoms. The highest BCUT2D eigenvalue weighted by Crippen LogP contribution is 2.25. The normalized spacial score (nSPS) is 19.5. The number of aliphatic hydroxyl groups is 1. The lowest BCUT2D eigenvalue weighted by Crippen LogP contribution is -2.34. The van der Waals surface area contributed by atoms with Gasteiger partial charge in [-0.2, -0.15) is 0 Å². The Morgan fingerprint density at radius 2 is 2.22 bits per heavy atom. The van der Waals surface area contributed by atoms with Gasteiger partial charge in [0, 0.05) is 19.6 Å². The van der Waals surface area contributed by atoms with Gasteiger partial charge in [-0.15, -0.1) is 0 Å². The summed E-state index contributed by atoms with van der Waals surface area (Å²) in [5.74, 6) is -0.422. The third-order valence-corrected chi connectivity index (χ3v) is 3.61. The van der Waals surface area contributed by atoms with Gasteiger partial charge >= 0.3 is 0 Å². The topological polar surface area (TPSA) is 35.5 Å². The fourth-order valence-electron chi connectivity index (χ4n) is 2.33. The number of benzene rings is 1. The molecule has 1 unspecified atom stereocenters. The Balaban J connectivity index is 2.17. The summed E-state index contributed by atoms with van der Waals surface area (Å²) in [4.78, 5) is 2.21. The van der Waals surface area contributed by atoms with E-state index >= 15 is 0 Å². The van der Waals surface area contributed by atoms with Crippen LogP contribution >= 0.6 is 11.6 Å². The maximum atomic E-state index is 13.2. The number of aliphatic hydroxyl groups excluding tert-OH is 1. The van der Waals surface area contributed by atoms with Gasteiger partial charge in [-0.1, -0.05) is 17.7 Å². The predicted octanol–water partition coefficient (Wildman–Crippen LogP) is 1.81. The summed E-state index contributed by atoms with van der Waals surface area (Å²) >= 11 is 5.80. The van der Waals surface area contributed by atoms with Crippen molar-refractivity contribution in [3.05, 3.63) is 34.6 Å². The first-order valence-corrected chi connectivity index (χ1v) is 6.60. The van der Waals surface area contributed by atoms with Crippen LogP contribution in [0.5, 0.6) is 0 Å². The molecular formula is C13H18ClFN2O. The van der Waals surface area contributed by atoms with Gasteiger partial charge in [0.15, 0.2) is 0 Å². The molecule has 2 rings (SSSR count). The minimum atomic E-state index is -0.422. The fraction of sp³-hybridized carbons (Fsp3) is 0.538. The van der Waals surface area contributed by atoms with E-state index in [0.29, 0.717) is 0 Å². The van der Waals surface area contributed by atoms with Gasteiger partial charge in [0.25, 0.3) is 0 Å². The Hall–Kier alpha value is -0.680. The monoisotopic (exact) mass is 272 g/mol. The molecule has 1 fully saturated rings. The van der Waals surface area contributed by atoms with Crippen LogP contribution < -0.4 is 5.32 Å². The predicted molar refractivity (Wildman–Crippen MR) is 70.3 cm³/mol. The van der Waals surface area contributed by atoms with Gasteiger partial charge in [-0.05, 0) is 30.7 Å². The van der Waals surface area contributed by atoms with Gasteiger partial charge < -0.3 is 10.4 Å². The van der Waals surface area contributed by atoms with E-state index < -0.39 is 5.82 Å². The van der Waals surface area contributed by atoms with Crippen LogP contribution in [0.2, 0.25) is 5.02 Å². The van der Waals surface area contributed by atoms with Crippen molar-refractivity contribution in [1.29, 1.82) is 0 Å². The number of hydrogen-bond donors (Lipinski definition) is 2. The first kappa shape index (κ1) is 13.7. The lowest BCUT2D eigenvalue weighted by molar-refractivity contribution is 0.130. The molecule has 0 spiro atoms. The van der Waals surface area contributed by atoms with Crippen molar-refractivity contribution in [2.24, 2.45) is 0 Å². The molecular weight excluding hydrogens is 255 g/mol. The third-order valence-electron chi connectivity index (χ3n) is 3.32. The van der Waals surface area contributed by atoms with Crippen LogP contribution in [0.15, 0.2) is 18.2 Å². The molecule has 0 bridgehead atoms. The number of nitrogens with zero attached hydrogens (tertiary/aromatic N) is 1. The zero-order chi connectivity index (χ0) is 13.0. The van der Waals surface area contributed by atoms with E-state index in [-0.39, 0.29) is 17.7 Å². The molecule has 18 heavy (non-hydrogen) atoms. The number of hydrogen-bond acceptors (Lipinski definition) is 3. The first-order valence-electron chi connectivity index (χ1n) is 6.23. The summed E-state index contributed by atoms with van der Waals surface area (Å²) in [7, 11) is 0. The van der Waals surface area contributed by atoms with Crippen LogP contribution in [0.4, 0.5) is 4.39 Å². The van der Waals surface area contributed by atoms with Gasteiger partial charge in [0.2, 0.25) is 0 Å². The van der Waals surface area contributed by atoms with Crippen LogP contribution in [0, 0.1) is 5.82 Å². The molecule has 2 N–H and O–H groups in total. The highest BCUT2D eigenvalue weighted by molar-refractivity contribution is 6.30. The largest absolute Gasteiger partial charge is 0.394 e. The second-order valence-electron chi connectivity index (χ2n) is 4.51. The average Bonchev–Trinajstić information content (AvgIpc) is 2.64. The molecule has 1 heterocycles. The smallest absolute Gasteiger partial charge is 0.141 e. The van der Waals surface area contributed by atoms with E-state index in [1.54, 1.807) is 12.1 Å². The molecule has 1 aromatic rings. The van der Waals surface area contributed by atoms with Crippen LogP contribution in [0.3, 0.4) is 0 Å². The van der Waals surface area contributed by atoms with Crippen molar-refractivity contribution in [3.63, 3.8) is 0 Å². The SMILES string of the molecule is OCC(c1ccc(F)c(Cl)c1)N1CCCNCC1. The summed E-state index contributed by atoms with van der Waals surface area (Å²) in [5.41, 5.74) is 0.866. The Kier molecular flexibility index (Phi) is 4.95. The molecule has 1 aliphatic rings. The Bertz CT molecular complexity index is 395. The maximum absolute atomic E-state index is 13.2. The van der Waals surface area contributed by atoms with Gasteiger partial charge in [0.05, 0.1) is 17.7 Å². The molecule has 1 saturated heterocycles. The minimum Gasteiger partial charge on any atom is -0.394 e. The number of halogens is 2. The van der Waals surface area contributed by atoms with Crippen molar-refractivity contribution in [2.45, 2.75) is 12.5 Å². The summed E-state index contributed by atoms with van der Waals surface area (Å²) in [6.45, 7) is 3.72. The summed E-state index contributed by atoms with van der Waals surface area (Å²) in [6, 6.07) is 4.55. The molecule has 0 amide bonds. The van der Waals surface area contributed by atoms with Crippen molar-refractivity contribution in [3.8, 4) is 0 Å². The fourth-order valence-corrected chi connectivity index (χ4v) is 2.52. The number of rotatable bonds is 3. The minimum absolute atomic E-state index is 0.0158. The van der Waals surface area contributed by atoms with Gasteiger partial charge in [-0.3, -0.25) is 4.90 Å². The molecule has 0 aliphatic carbocycles. The molecule has 0 aromatic heterocycles. The lowest BCUT2D eigenvalue weighted by Gasteiger charge is -2.29. The first-order chi connectivity index (χ1) is 8.72. The zero-order valence-corrected chi connectivity index (χ0v) is 11.0. The molecule has 1 atom stereocenters. The Morgan fingerprint density at radius 1 is 1.39 bits per heavy atom. The highest BCUT2D eigenvalue weighted by atomic mass is 35.5. The van der Waals surface area contributed by atoms with Crippen molar-refractivity contribution >= 4 is 11.6 Å². The number of nitrogens with one attached hydrogen (secondary N) is 1. The van der Waals surface area contributed by atoms with E-state index in [4.69, 9.17) is 11.6 Å². The van der Waals surface area contributed by atoms with Crippen molar-refractivity contribution in [2.75, 3.05) is 32.8 Å². The highest BCUT2D eigenvalue weighted by Gasteiger charge is 2.21. The zero-order valence-electron chi connectivity index (χ0n) is 10.2. The van der Waals surface area contributed by atoms with E-state index in [9.17, 15) is 9.50 Å². The van der Waals surface area contributed by atoms with Crippen LogP contribution in [0.25, 0.3) is 0 Å². The second-order valence-corrected chi connectivity index (χ2v) is 4.92. The van der Waals surface area contributed by atoms with Crippen molar-refractivity contribution < 1.29 is 9.50 Å². The van der Waals surface area contributed by atoms with Crippen LogP contribution in [-0.4, -0.2) is 42.8 Å². The molecule has 1 aliphatic heterocycles. The molecule has 3 nitrogen and oxygen atoms in total. The van der Waals surface area contributed by atoms with E-state index in [1.807, 2.05) is 0 Å². The van der Waals surface area contributed by atoms with Gasteiger partial charge in [-0.25, -0.2) is 4.39 Å². The molecule has 1 aromatic carbocycles. The Morgan fingerprint density at radius 3 is 2.94 bits per heavy atom.